The Balaban J connectivity index is 2.24. The van der Waals surface area contributed by atoms with Crippen molar-refractivity contribution in [2.24, 2.45) is 5.16 Å². The Labute approximate surface area is 120 Å². The summed E-state index contributed by atoms with van der Waals surface area (Å²) in [6.07, 6.45) is 3.07. The zero-order valence-electron chi connectivity index (χ0n) is 10.5. The third kappa shape index (κ3) is 3.42. The number of carboxylic acids is 1. The molecule has 0 spiro atoms. The molecule has 1 aromatic carbocycles. The standard InChI is InChI=1S/C13H9NO6S/c15-12-7-6-9(8-11(12)13(16)17)14-20-21(18,19)10-4-2-1-3-5-10/h1-8H,(H,16,17). The van der Waals surface area contributed by atoms with Crippen molar-refractivity contribution >= 4 is 27.6 Å². The molecular formula is C13H9NO6S. The number of rotatable bonds is 4. The number of benzene rings is 1. The highest BCUT2D eigenvalue weighted by molar-refractivity contribution is 7.86. The number of oxime groups is 1. The van der Waals surface area contributed by atoms with Crippen LogP contribution in [0.3, 0.4) is 0 Å². The van der Waals surface area contributed by atoms with Crippen molar-refractivity contribution in [2.45, 2.75) is 4.90 Å². The van der Waals surface area contributed by atoms with Crippen LogP contribution in [0.1, 0.15) is 0 Å². The maximum atomic E-state index is 11.8. The first-order chi connectivity index (χ1) is 9.90. The van der Waals surface area contributed by atoms with E-state index in [1.165, 1.54) is 24.3 Å². The van der Waals surface area contributed by atoms with E-state index in [0.29, 0.717) is 0 Å². The summed E-state index contributed by atoms with van der Waals surface area (Å²) in [7, 11) is -4.09. The van der Waals surface area contributed by atoms with Gasteiger partial charge in [-0.15, -0.1) is 0 Å². The molecule has 0 aliphatic heterocycles. The first-order valence-corrected chi connectivity index (χ1v) is 7.05. The molecule has 0 amide bonds. The van der Waals surface area contributed by atoms with E-state index >= 15 is 0 Å². The molecule has 0 aromatic heterocycles. The van der Waals surface area contributed by atoms with Gasteiger partial charge in [0.05, 0.1) is 0 Å². The van der Waals surface area contributed by atoms with Crippen molar-refractivity contribution in [3.05, 3.63) is 54.1 Å². The number of allylic oxidation sites excluding steroid dienone is 3. The molecule has 0 heterocycles. The average Bonchev–Trinajstić information content (AvgIpc) is 2.47. The molecule has 7 nitrogen and oxygen atoms in total. The molecule has 1 aromatic rings. The SMILES string of the molecule is O=C(O)C1=CC(=NOS(=O)(=O)c2ccccc2)C=CC1=O. The summed E-state index contributed by atoms with van der Waals surface area (Å²) >= 11 is 0. The van der Waals surface area contributed by atoms with Gasteiger partial charge in [-0.3, -0.25) is 9.08 Å². The molecule has 21 heavy (non-hydrogen) atoms. The highest BCUT2D eigenvalue weighted by Gasteiger charge is 2.20. The molecule has 0 bridgehead atoms. The Morgan fingerprint density at radius 2 is 1.81 bits per heavy atom. The van der Waals surface area contributed by atoms with Crippen molar-refractivity contribution in [1.82, 2.24) is 0 Å². The minimum atomic E-state index is -4.09. The molecule has 108 valence electrons. The maximum Gasteiger partial charge on any atom is 0.358 e. The lowest BCUT2D eigenvalue weighted by molar-refractivity contribution is -0.134. The van der Waals surface area contributed by atoms with E-state index in [9.17, 15) is 18.0 Å². The van der Waals surface area contributed by atoms with E-state index in [1.54, 1.807) is 6.07 Å². The highest BCUT2D eigenvalue weighted by Crippen LogP contribution is 2.13. The number of carboxylic acid groups (broad SMARTS) is 1. The molecule has 0 radical (unpaired) electrons. The number of nitrogens with zero attached hydrogens (tertiary/aromatic N) is 1. The summed E-state index contributed by atoms with van der Waals surface area (Å²) in [4.78, 5) is 22.0. The van der Waals surface area contributed by atoms with E-state index in [4.69, 9.17) is 5.11 Å². The minimum absolute atomic E-state index is 0.0901. The van der Waals surface area contributed by atoms with Gasteiger partial charge in [-0.05, 0) is 30.4 Å². The summed E-state index contributed by atoms with van der Waals surface area (Å²) in [5.74, 6) is -2.13. The van der Waals surface area contributed by atoms with Crippen LogP contribution in [0.25, 0.3) is 0 Å². The first-order valence-electron chi connectivity index (χ1n) is 5.64. The second-order valence-electron chi connectivity index (χ2n) is 3.92. The van der Waals surface area contributed by atoms with E-state index < -0.39 is 27.4 Å². The van der Waals surface area contributed by atoms with E-state index in [1.807, 2.05) is 0 Å². The van der Waals surface area contributed by atoms with E-state index in [2.05, 4.69) is 9.44 Å². The summed E-state index contributed by atoms with van der Waals surface area (Å²) < 4.78 is 28.1. The number of aliphatic carboxylic acids is 1. The summed E-state index contributed by atoms with van der Waals surface area (Å²) in [5.41, 5.74) is -0.608. The maximum absolute atomic E-state index is 11.8. The summed E-state index contributed by atoms with van der Waals surface area (Å²) in [6, 6.07) is 7.33. The Kier molecular flexibility index (Phi) is 3.99. The quantitative estimate of drug-likeness (QED) is 0.502. The summed E-state index contributed by atoms with van der Waals surface area (Å²) in [5, 5.41) is 12.1. The molecule has 0 fully saturated rings. The van der Waals surface area contributed by atoms with Gasteiger partial charge in [0.2, 0.25) is 0 Å². The van der Waals surface area contributed by atoms with Crippen molar-refractivity contribution in [1.29, 1.82) is 0 Å². The molecule has 1 aliphatic carbocycles. The highest BCUT2D eigenvalue weighted by atomic mass is 32.2. The zero-order chi connectivity index (χ0) is 15.5. The van der Waals surface area contributed by atoms with Crippen LogP contribution in [-0.4, -0.2) is 31.0 Å². The van der Waals surface area contributed by atoms with Crippen LogP contribution >= 0.6 is 0 Å². The van der Waals surface area contributed by atoms with E-state index in [-0.39, 0.29) is 10.6 Å². The van der Waals surface area contributed by atoms with Gasteiger partial charge in [0.25, 0.3) is 0 Å². The lowest BCUT2D eigenvalue weighted by atomic mass is 10.0. The van der Waals surface area contributed by atoms with Gasteiger partial charge in [-0.25, -0.2) is 4.79 Å². The Bertz CT molecular complexity index is 774. The van der Waals surface area contributed by atoms with Crippen LogP contribution < -0.4 is 0 Å². The Hall–Kier alpha value is -2.74. The van der Waals surface area contributed by atoms with Gasteiger partial charge < -0.3 is 5.11 Å². The second kappa shape index (κ2) is 5.71. The molecule has 1 N–H and O–H groups in total. The molecule has 0 saturated heterocycles. The summed E-state index contributed by atoms with van der Waals surface area (Å²) in [6.45, 7) is 0. The largest absolute Gasteiger partial charge is 0.478 e. The predicted molar refractivity (Wildman–Crippen MR) is 72.0 cm³/mol. The number of carbonyl (C=O) groups is 2. The lowest BCUT2D eigenvalue weighted by Gasteiger charge is -2.05. The van der Waals surface area contributed by atoms with Gasteiger partial charge >= 0.3 is 16.1 Å². The van der Waals surface area contributed by atoms with Crippen molar-refractivity contribution in [3.63, 3.8) is 0 Å². The van der Waals surface area contributed by atoms with Crippen molar-refractivity contribution in [3.8, 4) is 0 Å². The number of carbonyl (C=O) groups excluding carboxylic acids is 1. The van der Waals surface area contributed by atoms with Crippen LogP contribution in [0.15, 0.2) is 64.2 Å². The zero-order valence-corrected chi connectivity index (χ0v) is 11.3. The average molecular weight is 307 g/mol. The number of hydrogen-bond donors (Lipinski definition) is 1. The van der Waals surface area contributed by atoms with Crippen LogP contribution in [0.5, 0.6) is 0 Å². The smallest absolute Gasteiger partial charge is 0.358 e. The fourth-order valence-electron chi connectivity index (χ4n) is 1.46. The van der Waals surface area contributed by atoms with Gasteiger partial charge in [-0.2, -0.15) is 8.42 Å². The third-order valence-corrected chi connectivity index (χ3v) is 3.59. The van der Waals surface area contributed by atoms with Crippen LogP contribution in [0.4, 0.5) is 0 Å². The van der Waals surface area contributed by atoms with Crippen molar-refractivity contribution < 1.29 is 27.4 Å². The van der Waals surface area contributed by atoms with Gasteiger partial charge in [-0.1, -0.05) is 23.4 Å². The molecule has 0 unspecified atom stereocenters. The third-order valence-electron chi connectivity index (χ3n) is 2.47. The molecular weight excluding hydrogens is 298 g/mol. The lowest BCUT2D eigenvalue weighted by Crippen LogP contribution is -2.16. The molecule has 1 aliphatic rings. The van der Waals surface area contributed by atoms with E-state index in [0.717, 1.165) is 18.2 Å². The first kappa shape index (κ1) is 14.7. The second-order valence-corrected chi connectivity index (χ2v) is 5.45. The minimum Gasteiger partial charge on any atom is -0.478 e. The molecule has 2 rings (SSSR count). The Morgan fingerprint density at radius 3 is 2.43 bits per heavy atom. The van der Waals surface area contributed by atoms with Crippen LogP contribution in [0.2, 0.25) is 0 Å². The predicted octanol–water partition coefficient (Wildman–Crippen LogP) is 0.898. The van der Waals surface area contributed by atoms with Gasteiger partial charge in [0.15, 0.2) is 5.78 Å². The topological polar surface area (TPSA) is 110 Å². The monoisotopic (exact) mass is 307 g/mol. The normalized spacial score (nSPS) is 16.7. The molecule has 0 atom stereocenters. The van der Waals surface area contributed by atoms with Crippen LogP contribution in [-0.2, 0) is 24.0 Å². The fraction of sp³-hybridized carbons (Fsp3) is 0. The number of ketones is 1. The molecule has 0 saturated carbocycles. The van der Waals surface area contributed by atoms with Gasteiger partial charge in [0.1, 0.15) is 16.2 Å². The van der Waals surface area contributed by atoms with Gasteiger partial charge in [0, 0.05) is 0 Å². The molecule has 8 heteroatoms. The van der Waals surface area contributed by atoms with Crippen molar-refractivity contribution in [2.75, 3.05) is 0 Å². The number of hydrogen-bond acceptors (Lipinski definition) is 6. The fourth-order valence-corrected chi connectivity index (χ4v) is 2.22. The van der Waals surface area contributed by atoms with Crippen LogP contribution in [0, 0.1) is 0 Å². The Morgan fingerprint density at radius 1 is 1.14 bits per heavy atom.